The van der Waals surface area contributed by atoms with E-state index >= 15 is 0 Å². The molecule has 2 aromatic carbocycles. The summed E-state index contributed by atoms with van der Waals surface area (Å²) in [6.45, 7) is 0. The van der Waals surface area contributed by atoms with Crippen molar-refractivity contribution in [2.75, 3.05) is 7.11 Å². The minimum atomic E-state index is -0.221. The van der Waals surface area contributed by atoms with Crippen LogP contribution in [0.3, 0.4) is 0 Å². The van der Waals surface area contributed by atoms with Crippen molar-refractivity contribution in [2.24, 2.45) is 0 Å². The summed E-state index contributed by atoms with van der Waals surface area (Å²) < 4.78 is 17.8. The molecular weight excluding hydrogens is 191 g/mol. The molecule has 2 heteroatoms. The van der Waals surface area contributed by atoms with Gasteiger partial charge in [0.05, 0.1) is 7.11 Å². The SMILES string of the molecule is COc1cccc(-c2ccc(F)cc2)c1. The van der Waals surface area contributed by atoms with Crippen LogP contribution in [0.5, 0.6) is 5.75 Å². The van der Waals surface area contributed by atoms with Gasteiger partial charge in [-0.15, -0.1) is 0 Å². The Labute approximate surface area is 88.1 Å². The van der Waals surface area contributed by atoms with Crippen molar-refractivity contribution < 1.29 is 9.13 Å². The van der Waals surface area contributed by atoms with Crippen molar-refractivity contribution in [3.05, 3.63) is 54.3 Å². The first-order valence-corrected chi connectivity index (χ1v) is 4.69. The summed E-state index contributed by atoms with van der Waals surface area (Å²) in [4.78, 5) is 0. The zero-order chi connectivity index (χ0) is 10.7. The highest BCUT2D eigenvalue weighted by molar-refractivity contribution is 5.64. The van der Waals surface area contributed by atoms with Crippen LogP contribution in [0.25, 0.3) is 11.1 Å². The molecule has 0 saturated carbocycles. The summed E-state index contributed by atoms with van der Waals surface area (Å²) in [7, 11) is 1.63. The van der Waals surface area contributed by atoms with Gasteiger partial charge in [0.2, 0.25) is 0 Å². The topological polar surface area (TPSA) is 9.23 Å². The Morgan fingerprint density at radius 1 is 0.933 bits per heavy atom. The highest BCUT2D eigenvalue weighted by Crippen LogP contribution is 2.23. The molecule has 0 aliphatic carbocycles. The van der Waals surface area contributed by atoms with E-state index in [1.807, 2.05) is 24.3 Å². The van der Waals surface area contributed by atoms with Gasteiger partial charge < -0.3 is 4.74 Å². The quantitative estimate of drug-likeness (QED) is 0.724. The Balaban J connectivity index is 2.40. The van der Waals surface area contributed by atoms with E-state index < -0.39 is 0 Å². The molecule has 76 valence electrons. The second kappa shape index (κ2) is 4.13. The Morgan fingerprint density at radius 2 is 1.67 bits per heavy atom. The molecule has 0 aliphatic heterocycles. The number of benzene rings is 2. The average molecular weight is 202 g/mol. The van der Waals surface area contributed by atoms with Crippen molar-refractivity contribution in [1.82, 2.24) is 0 Å². The van der Waals surface area contributed by atoms with Gasteiger partial charge in [0.15, 0.2) is 0 Å². The van der Waals surface area contributed by atoms with Gasteiger partial charge in [-0.05, 0) is 35.4 Å². The molecule has 0 aliphatic rings. The van der Waals surface area contributed by atoms with E-state index in [-0.39, 0.29) is 5.82 Å². The molecule has 0 aromatic heterocycles. The Morgan fingerprint density at radius 3 is 2.33 bits per heavy atom. The molecule has 0 spiro atoms. The van der Waals surface area contributed by atoms with Crippen LogP contribution in [-0.2, 0) is 0 Å². The van der Waals surface area contributed by atoms with Gasteiger partial charge in [-0.1, -0.05) is 24.3 Å². The number of hydrogen-bond donors (Lipinski definition) is 0. The van der Waals surface area contributed by atoms with E-state index in [0.29, 0.717) is 0 Å². The van der Waals surface area contributed by atoms with Crippen LogP contribution in [-0.4, -0.2) is 7.11 Å². The van der Waals surface area contributed by atoms with Gasteiger partial charge >= 0.3 is 0 Å². The number of hydrogen-bond acceptors (Lipinski definition) is 1. The predicted molar refractivity (Wildman–Crippen MR) is 58.4 cm³/mol. The van der Waals surface area contributed by atoms with Crippen molar-refractivity contribution in [1.29, 1.82) is 0 Å². The summed E-state index contributed by atoms with van der Waals surface area (Å²) in [6.07, 6.45) is 0. The summed E-state index contributed by atoms with van der Waals surface area (Å²) in [6, 6.07) is 14.1. The summed E-state index contributed by atoms with van der Waals surface area (Å²) in [5, 5.41) is 0. The highest BCUT2D eigenvalue weighted by atomic mass is 19.1. The van der Waals surface area contributed by atoms with E-state index in [4.69, 9.17) is 4.74 Å². The second-order valence-corrected chi connectivity index (χ2v) is 3.24. The number of rotatable bonds is 2. The lowest BCUT2D eigenvalue weighted by Gasteiger charge is -2.04. The molecule has 2 rings (SSSR count). The number of halogens is 1. The highest BCUT2D eigenvalue weighted by Gasteiger charge is 1.99. The Hall–Kier alpha value is -1.83. The van der Waals surface area contributed by atoms with Crippen LogP contribution in [0.15, 0.2) is 48.5 Å². The third-order valence-corrected chi connectivity index (χ3v) is 2.25. The summed E-state index contributed by atoms with van der Waals surface area (Å²) in [5.74, 6) is 0.582. The van der Waals surface area contributed by atoms with E-state index in [1.165, 1.54) is 12.1 Å². The van der Waals surface area contributed by atoms with Gasteiger partial charge in [-0.2, -0.15) is 0 Å². The van der Waals surface area contributed by atoms with E-state index in [1.54, 1.807) is 19.2 Å². The largest absolute Gasteiger partial charge is 0.497 e. The normalized spacial score (nSPS) is 10.0. The Bertz CT molecular complexity index is 448. The van der Waals surface area contributed by atoms with Gasteiger partial charge in [0.25, 0.3) is 0 Å². The van der Waals surface area contributed by atoms with E-state index in [2.05, 4.69) is 0 Å². The molecule has 1 nitrogen and oxygen atoms in total. The van der Waals surface area contributed by atoms with Crippen molar-refractivity contribution in [3.8, 4) is 16.9 Å². The molecule has 0 unspecified atom stereocenters. The van der Waals surface area contributed by atoms with Crippen LogP contribution in [0.4, 0.5) is 4.39 Å². The minimum absolute atomic E-state index is 0.221. The van der Waals surface area contributed by atoms with Crippen LogP contribution in [0.2, 0.25) is 0 Å². The lowest BCUT2D eigenvalue weighted by Crippen LogP contribution is -1.83. The monoisotopic (exact) mass is 202 g/mol. The maximum absolute atomic E-state index is 12.7. The fourth-order valence-corrected chi connectivity index (χ4v) is 1.44. The zero-order valence-electron chi connectivity index (χ0n) is 8.41. The van der Waals surface area contributed by atoms with Crippen molar-refractivity contribution in [3.63, 3.8) is 0 Å². The molecular formula is C13H11FO. The summed E-state index contributed by atoms with van der Waals surface area (Å²) >= 11 is 0. The first-order chi connectivity index (χ1) is 7.29. The zero-order valence-corrected chi connectivity index (χ0v) is 8.41. The molecule has 0 saturated heterocycles. The van der Waals surface area contributed by atoms with Crippen LogP contribution in [0.1, 0.15) is 0 Å². The molecule has 0 radical (unpaired) electrons. The van der Waals surface area contributed by atoms with Gasteiger partial charge in [-0.3, -0.25) is 0 Å². The van der Waals surface area contributed by atoms with Crippen molar-refractivity contribution >= 4 is 0 Å². The lowest BCUT2D eigenvalue weighted by molar-refractivity contribution is 0.415. The predicted octanol–water partition coefficient (Wildman–Crippen LogP) is 3.50. The van der Waals surface area contributed by atoms with E-state index in [9.17, 15) is 4.39 Å². The van der Waals surface area contributed by atoms with Crippen molar-refractivity contribution in [2.45, 2.75) is 0 Å². The molecule has 2 aromatic rings. The summed E-state index contributed by atoms with van der Waals surface area (Å²) in [5.41, 5.74) is 2.00. The average Bonchev–Trinajstić information content (AvgIpc) is 2.30. The number of methoxy groups -OCH3 is 1. The maximum Gasteiger partial charge on any atom is 0.123 e. The molecule has 0 heterocycles. The third kappa shape index (κ3) is 2.15. The van der Waals surface area contributed by atoms with Gasteiger partial charge in [0, 0.05) is 0 Å². The molecule has 0 atom stereocenters. The molecule has 0 N–H and O–H groups in total. The number of ether oxygens (including phenoxy) is 1. The molecule has 0 amide bonds. The smallest absolute Gasteiger partial charge is 0.123 e. The first-order valence-electron chi connectivity index (χ1n) is 4.69. The van der Waals surface area contributed by atoms with Crippen LogP contribution in [0, 0.1) is 5.82 Å². The maximum atomic E-state index is 12.7. The standard InChI is InChI=1S/C13H11FO/c1-15-13-4-2-3-11(9-13)10-5-7-12(14)8-6-10/h2-9H,1H3. The lowest BCUT2D eigenvalue weighted by atomic mass is 10.1. The fourth-order valence-electron chi connectivity index (χ4n) is 1.44. The van der Waals surface area contributed by atoms with Crippen LogP contribution < -0.4 is 4.74 Å². The second-order valence-electron chi connectivity index (χ2n) is 3.24. The molecule has 15 heavy (non-hydrogen) atoms. The molecule has 0 bridgehead atoms. The minimum Gasteiger partial charge on any atom is -0.497 e. The molecule has 0 fully saturated rings. The first kappa shape index (κ1) is 9.71. The van der Waals surface area contributed by atoms with Crippen LogP contribution >= 0.6 is 0 Å². The van der Waals surface area contributed by atoms with E-state index in [0.717, 1.165) is 16.9 Å². The van der Waals surface area contributed by atoms with Gasteiger partial charge in [-0.25, -0.2) is 4.39 Å². The fraction of sp³-hybridized carbons (Fsp3) is 0.0769. The third-order valence-electron chi connectivity index (χ3n) is 2.25. The van der Waals surface area contributed by atoms with Gasteiger partial charge in [0.1, 0.15) is 11.6 Å². The Kier molecular flexibility index (Phi) is 2.68.